The molecule has 1 unspecified atom stereocenters. The maximum atomic E-state index is 3.57. The number of fused-ring (bicyclic) bond motifs is 1. The van der Waals surface area contributed by atoms with E-state index in [-0.39, 0.29) is 0 Å². The Labute approximate surface area is 121 Å². The smallest absolute Gasteiger partial charge is 0.0628 e. The Balaban J connectivity index is 1.81. The van der Waals surface area contributed by atoms with Crippen molar-refractivity contribution in [2.24, 2.45) is 0 Å². The first-order valence-corrected chi connectivity index (χ1v) is 8.68. The van der Waals surface area contributed by atoms with Crippen molar-refractivity contribution in [1.29, 1.82) is 0 Å². The average Bonchev–Trinajstić information content (AvgIpc) is 2.93. The van der Waals surface area contributed by atoms with Crippen molar-refractivity contribution >= 4 is 11.3 Å². The Hall–Kier alpha value is -0.600. The van der Waals surface area contributed by atoms with Gasteiger partial charge >= 0.3 is 0 Å². The van der Waals surface area contributed by atoms with E-state index in [1.807, 2.05) is 0 Å². The van der Waals surface area contributed by atoms with E-state index in [4.69, 9.17) is 0 Å². The third-order valence-corrected chi connectivity index (χ3v) is 5.84. The quantitative estimate of drug-likeness (QED) is 0.783. The number of allylic oxidation sites excluding steroid dienone is 1. The van der Waals surface area contributed by atoms with Crippen LogP contribution in [-0.4, -0.2) is 7.05 Å². The van der Waals surface area contributed by atoms with Crippen LogP contribution in [0.4, 0.5) is 0 Å². The maximum Gasteiger partial charge on any atom is 0.0628 e. The first-order chi connectivity index (χ1) is 9.38. The van der Waals surface area contributed by atoms with E-state index >= 15 is 0 Å². The molecule has 0 bridgehead atoms. The van der Waals surface area contributed by atoms with E-state index in [1.165, 1.54) is 57.8 Å². The van der Waals surface area contributed by atoms with Crippen LogP contribution in [0.1, 0.15) is 66.3 Å². The molecule has 1 heterocycles. The normalized spacial score (nSPS) is 21.4. The number of aryl methyl sites for hydroxylation is 2. The molecule has 1 aromatic heterocycles. The molecule has 1 nitrogen and oxygen atoms in total. The van der Waals surface area contributed by atoms with E-state index in [0.717, 1.165) is 0 Å². The lowest BCUT2D eigenvalue weighted by Gasteiger charge is -2.21. The molecule has 1 N–H and O–H groups in total. The van der Waals surface area contributed by atoms with Crippen LogP contribution >= 0.6 is 11.3 Å². The average molecular weight is 275 g/mol. The molecule has 0 amide bonds. The fraction of sp³-hybridized carbons (Fsp3) is 0.647. The molecule has 0 aromatic carbocycles. The molecule has 1 atom stereocenters. The summed E-state index contributed by atoms with van der Waals surface area (Å²) in [7, 11) is 2.12. The molecule has 1 aromatic rings. The van der Waals surface area contributed by atoms with E-state index in [9.17, 15) is 0 Å². The summed E-state index contributed by atoms with van der Waals surface area (Å²) in [4.78, 5) is 3.21. The summed E-state index contributed by atoms with van der Waals surface area (Å²) >= 11 is 2.06. The number of nitrogens with one attached hydrogen (secondary N) is 1. The van der Waals surface area contributed by atoms with Crippen LogP contribution in [0.3, 0.4) is 0 Å². The fourth-order valence-corrected chi connectivity index (χ4v) is 4.89. The van der Waals surface area contributed by atoms with Crippen LogP contribution in [0.2, 0.25) is 0 Å². The van der Waals surface area contributed by atoms with Gasteiger partial charge in [0.05, 0.1) is 6.04 Å². The third kappa shape index (κ3) is 2.95. The highest BCUT2D eigenvalue weighted by molar-refractivity contribution is 7.12. The molecule has 2 aliphatic rings. The highest BCUT2D eigenvalue weighted by atomic mass is 32.1. The summed E-state index contributed by atoms with van der Waals surface area (Å²) in [5.74, 6) is 0. The van der Waals surface area contributed by atoms with Gasteiger partial charge < -0.3 is 5.32 Å². The summed E-state index contributed by atoms with van der Waals surface area (Å²) in [5.41, 5.74) is 3.27. The number of hydrogen-bond donors (Lipinski definition) is 1. The lowest BCUT2D eigenvalue weighted by atomic mass is 9.94. The molecule has 19 heavy (non-hydrogen) atoms. The second-order valence-electron chi connectivity index (χ2n) is 5.90. The van der Waals surface area contributed by atoms with E-state index in [0.29, 0.717) is 6.04 Å². The van der Waals surface area contributed by atoms with E-state index in [1.54, 1.807) is 20.9 Å². The predicted octanol–water partition coefficient (Wildman–Crippen LogP) is 4.78. The number of thiophene rings is 1. The minimum Gasteiger partial charge on any atom is -0.309 e. The molecule has 2 aliphatic carbocycles. The standard InChI is InChI=1S/C17H25NS/c1-18-17(13-8-5-3-2-4-6-9-13)16-12-14-10-7-11-15(14)19-16/h8,12,17-18H,2-7,9-11H2,1H3. The van der Waals surface area contributed by atoms with E-state index in [2.05, 4.69) is 35.8 Å². The van der Waals surface area contributed by atoms with Crippen LogP contribution in [-0.2, 0) is 12.8 Å². The molecule has 0 saturated carbocycles. The second-order valence-corrected chi connectivity index (χ2v) is 7.07. The highest BCUT2D eigenvalue weighted by Crippen LogP contribution is 2.37. The van der Waals surface area contributed by atoms with Gasteiger partial charge in [-0.2, -0.15) is 0 Å². The van der Waals surface area contributed by atoms with Crippen molar-refractivity contribution in [1.82, 2.24) is 5.32 Å². The zero-order valence-electron chi connectivity index (χ0n) is 12.0. The molecule has 0 radical (unpaired) electrons. The lowest BCUT2D eigenvalue weighted by Crippen LogP contribution is -2.18. The molecule has 0 fully saturated rings. The summed E-state index contributed by atoms with van der Waals surface area (Å²) in [6, 6.07) is 2.96. The summed E-state index contributed by atoms with van der Waals surface area (Å²) in [6.45, 7) is 0. The van der Waals surface area contributed by atoms with Crippen LogP contribution in [0, 0.1) is 0 Å². The highest BCUT2D eigenvalue weighted by Gasteiger charge is 2.21. The van der Waals surface area contributed by atoms with E-state index < -0.39 is 0 Å². The molecular formula is C17H25NS. The Morgan fingerprint density at radius 3 is 2.79 bits per heavy atom. The maximum absolute atomic E-state index is 3.57. The minimum atomic E-state index is 0.480. The van der Waals surface area contributed by atoms with Crippen molar-refractivity contribution in [2.75, 3.05) is 7.05 Å². The number of hydrogen-bond acceptors (Lipinski definition) is 2. The molecule has 0 saturated heterocycles. The SMILES string of the molecule is CNC(C1=CCCCCCC1)c1cc2c(s1)CCC2. The van der Waals surface area contributed by atoms with Crippen LogP contribution in [0.5, 0.6) is 0 Å². The Bertz CT molecular complexity index is 436. The molecule has 0 aliphatic heterocycles. The van der Waals surface area contributed by atoms with Crippen molar-refractivity contribution in [2.45, 2.75) is 63.8 Å². The second kappa shape index (κ2) is 6.23. The Morgan fingerprint density at radius 1 is 1.05 bits per heavy atom. The Morgan fingerprint density at radius 2 is 1.95 bits per heavy atom. The molecule has 0 spiro atoms. The number of likely N-dealkylation sites (N-methyl/N-ethyl adjacent to an activating group) is 1. The van der Waals surface area contributed by atoms with Gasteiger partial charge in [-0.25, -0.2) is 0 Å². The van der Waals surface area contributed by atoms with Gasteiger partial charge in [-0.15, -0.1) is 11.3 Å². The zero-order valence-corrected chi connectivity index (χ0v) is 12.8. The van der Waals surface area contributed by atoms with Crippen LogP contribution in [0.25, 0.3) is 0 Å². The monoisotopic (exact) mass is 275 g/mol. The minimum absolute atomic E-state index is 0.480. The largest absolute Gasteiger partial charge is 0.309 e. The van der Waals surface area contributed by atoms with Crippen molar-refractivity contribution < 1.29 is 0 Å². The van der Waals surface area contributed by atoms with Gasteiger partial charge in [0.1, 0.15) is 0 Å². The number of rotatable bonds is 3. The lowest BCUT2D eigenvalue weighted by molar-refractivity contribution is 0.577. The summed E-state index contributed by atoms with van der Waals surface area (Å²) in [6.07, 6.45) is 14.6. The van der Waals surface area contributed by atoms with Crippen molar-refractivity contribution in [3.63, 3.8) is 0 Å². The first-order valence-electron chi connectivity index (χ1n) is 7.86. The zero-order chi connectivity index (χ0) is 13.1. The Kier molecular flexibility index (Phi) is 4.39. The summed E-state index contributed by atoms with van der Waals surface area (Å²) < 4.78 is 0. The predicted molar refractivity (Wildman–Crippen MR) is 83.9 cm³/mol. The van der Waals surface area contributed by atoms with Gasteiger partial charge in [0.2, 0.25) is 0 Å². The van der Waals surface area contributed by atoms with Gasteiger partial charge in [0.15, 0.2) is 0 Å². The molecule has 3 rings (SSSR count). The molecular weight excluding hydrogens is 250 g/mol. The van der Waals surface area contributed by atoms with Gasteiger partial charge in [0, 0.05) is 9.75 Å². The van der Waals surface area contributed by atoms with Gasteiger partial charge in [-0.1, -0.05) is 24.5 Å². The topological polar surface area (TPSA) is 12.0 Å². The first kappa shape index (κ1) is 13.4. The van der Waals surface area contributed by atoms with Crippen LogP contribution in [0.15, 0.2) is 17.7 Å². The molecule has 2 heteroatoms. The fourth-order valence-electron chi connectivity index (χ4n) is 3.48. The van der Waals surface area contributed by atoms with Gasteiger partial charge in [-0.05, 0) is 63.6 Å². The van der Waals surface area contributed by atoms with Gasteiger partial charge in [0.25, 0.3) is 0 Å². The van der Waals surface area contributed by atoms with Gasteiger partial charge in [-0.3, -0.25) is 0 Å². The molecule has 104 valence electrons. The van der Waals surface area contributed by atoms with Crippen molar-refractivity contribution in [3.05, 3.63) is 33.0 Å². The van der Waals surface area contributed by atoms with Crippen molar-refractivity contribution in [3.8, 4) is 0 Å². The third-order valence-electron chi connectivity index (χ3n) is 4.54. The van der Waals surface area contributed by atoms with Crippen LogP contribution < -0.4 is 5.32 Å². The summed E-state index contributed by atoms with van der Waals surface area (Å²) in [5, 5.41) is 3.57.